The van der Waals surface area contributed by atoms with Crippen molar-refractivity contribution in [3.05, 3.63) is 29.3 Å². The van der Waals surface area contributed by atoms with Crippen molar-refractivity contribution < 1.29 is 9.00 Å². The zero-order valence-electron chi connectivity index (χ0n) is 7.99. The van der Waals surface area contributed by atoms with Gasteiger partial charge >= 0.3 is 0 Å². The van der Waals surface area contributed by atoms with E-state index in [-0.39, 0.29) is 5.78 Å². The summed E-state index contributed by atoms with van der Waals surface area (Å²) in [6.07, 6.45) is 0. The molecule has 1 aromatic rings. The number of hydrogen-bond acceptors (Lipinski definition) is 2. The molecule has 0 spiro atoms. The number of halogens is 1. The minimum Gasteiger partial charge on any atom is -0.299 e. The van der Waals surface area contributed by atoms with E-state index in [1.165, 1.54) is 6.92 Å². The molecule has 0 aliphatic carbocycles. The highest BCUT2D eigenvalue weighted by Gasteiger charge is 2.17. The summed E-state index contributed by atoms with van der Waals surface area (Å²) in [7, 11) is -1.27. The molecule has 0 fully saturated rings. The number of carbonyl (C=O) groups excluding carboxylic acids is 1. The topological polar surface area (TPSA) is 34.1 Å². The summed E-state index contributed by atoms with van der Waals surface area (Å²) in [6.45, 7) is 3.10. The van der Waals surface area contributed by atoms with Crippen LogP contribution in [-0.4, -0.2) is 15.2 Å². The van der Waals surface area contributed by atoms with Gasteiger partial charge in [-0.1, -0.05) is 11.6 Å². The zero-order valence-corrected chi connectivity index (χ0v) is 9.56. The molecule has 0 saturated heterocycles. The third kappa shape index (κ3) is 2.66. The summed E-state index contributed by atoms with van der Waals surface area (Å²) >= 11 is 5.69. The van der Waals surface area contributed by atoms with Crippen LogP contribution in [0.2, 0.25) is 5.02 Å². The fraction of sp³-hybridized carbons (Fsp3) is 0.300. The number of carbonyl (C=O) groups is 1. The second-order valence-corrected chi connectivity index (χ2v) is 5.21. The Balaban J connectivity index is 2.90. The molecule has 1 aromatic carbocycles. The third-order valence-electron chi connectivity index (χ3n) is 1.94. The number of ketones is 1. The third-order valence-corrected chi connectivity index (χ3v) is 3.90. The summed E-state index contributed by atoms with van der Waals surface area (Å²) in [5.74, 6) is -0.0710. The standard InChI is InChI=1S/C10H11ClO2S/c1-7(12)8(2)14(13)10-5-3-9(11)4-6-10/h3-6,8H,1-2H3. The molecular weight excluding hydrogens is 220 g/mol. The van der Waals surface area contributed by atoms with E-state index in [1.807, 2.05) is 0 Å². The van der Waals surface area contributed by atoms with Crippen molar-refractivity contribution in [1.29, 1.82) is 0 Å². The molecule has 0 radical (unpaired) electrons. The lowest BCUT2D eigenvalue weighted by molar-refractivity contribution is -0.116. The monoisotopic (exact) mass is 230 g/mol. The Morgan fingerprint density at radius 2 is 1.86 bits per heavy atom. The van der Waals surface area contributed by atoms with Gasteiger partial charge in [0.15, 0.2) is 0 Å². The fourth-order valence-electron chi connectivity index (χ4n) is 0.924. The van der Waals surface area contributed by atoms with E-state index in [0.717, 1.165) is 0 Å². The molecule has 0 aliphatic rings. The van der Waals surface area contributed by atoms with Crippen LogP contribution in [-0.2, 0) is 15.6 Å². The van der Waals surface area contributed by atoms with Gasteiger partial charge in [-0.2, -0.15) is 0 Å². The molecule has 0 heterocycles. The molecule has 1 rings (SSSR count). The highest BCUT2D eigenvalue weighted by atomic mass is 35.5. The minimum atomic E-state index is -1.27. The van der Waals surface area contributed by atoms with Crippen molar-refractivity contribution in [2.24, 2.45) is 0 Å². The van der Waals surface area contributed by atoms with E-state index in [2.05, 4.69) is 0 Å². The van der Waals surface area contributed by atoms with Crippen LogP contribution in [0.25, 0.3) is 0 Å². The van der Waals surface area contributed by atoms with E-state index in [4.69, 9.17) is 11.6 Å². The molecule has 0 aromatic heterocycles. The average Bonchev–Trinajstić information content (AvgIpc) is 2.16. The van der Waals surface area contributed by atoms with Crippen LogP contribution < -0.4 is 0 Å². The molecule has 0 aliphatic heterocycles. The normalized spacial score (nSPS) is 14.8. The molecular formula is C10H11ClO2S. The van der Waals surface area contributed by atoms with Gasteiger partial charge < -0.3 is 0 Å². The predicted octanol–water partition coefficient (Wildman–Crippen LogP) is 2.43. The Bertz CT molecular complexity index is 359. The van der Waals surface area contributed by atoms with Gasteiger partial charge in [-0.3, -0.25) is 9.00 Å². The summed E-state index contributed by atoms with van der Waals surface area (Å²) in [5, 5.41) is 0.136. The summed E-state index contributed by atoms with van der Waals surface area (Å²) in [4.78, 5) is 11.6. The lowest BCUT2D eigenvalue weighted by Gasteiger charge is -2.07. The first kappa shape index (κ1) is 11.4. The molecule has 2 atom stereocenters. The number of Topliss-reactive ketones (excluding diaryl/α,β-unsaturated/α-hetero) is 1. The van der Waals surface area contributed by atoms with Crippen LogP contribution in [0.4, 0.5) is 0 Å². The van der Waals surface area contributed by atoms with Crippen LogP contribution in [0, 0.1) is 0 Å². The largest absolute Gasteiger partial charge is 0.299 e. The quantitative estimate of drug-likeness (QED) is 0.799. The molecule has 0 bridgehead atoms. The molecule has 0 amide bonds. The minimum absolute atomic E-state index is 0.0710. The highest BCUT2D eigenvalue weighted by Crippen LogP contribution is 2.15. The Hall–Kier alpha value is -0.670. The first-order valence-corrected chi connectivity index (χ1v) is 5.78. The van der Waals surface area contributed by atoms with Crippen LogP contribution in [0.15, 0.2) is 29.2 Å². The summed E-state index contributed by atoms with van der Waals surface area (Å²) in [6, 6.07) is 6.69. The van der Waals surface area contributed by atoms with E-state index in [9.17, 15) is 9.00 Å². The maximum absolute atomic E-state index is 11.7. The molecule has 4 heteroatoms. The highest BCUT2D eigenvalue weighted by molar-refractivity contribution is 7.86. The van der Waals surface area contributed by atoms with E-state index < -0.39 is 16.0 Å². The first-order chi connectivity index (χ1) is 6.52. The Morgan fingerprint density at radius 3 is 2.29 bits per heavy atom. The van der Waals surface area contributed by atoms with Crippen molar-refractivity contribution in [1.82, 2.24) is 0 Å². The Kier molecular flexibility index (Phi) is 3.84. The van der Waals surface area contributed by atoms with Crippen LogP contribution in [0.1, 0.15) is 13.8 Å². The van der Waals surface area contributed by atoms with Crippen molar-refractivity contribution in [2.45, 2.75) is 24.0 Å². The molecule has 0 N–H and O–H groups in total. The van der Waals surface area contributed by atoms with Gasteiger partial charge in [0.05, 0.1) is 16.0 Å². The van der Waals surface area contributed by atoms with Crippen LogP contribution >= 0.6 is 11.6 Å². The molecule has 2 unspecified atom stereocenters. The van der Waals surface area contributed by atoms with Crippen LogP contribution in [0.5, 0.6) is 0 Å². The second-order valence-electron chi connectivity index (χ2n) is 3.00. The number of hydrogen-bond donors (Lipinski definition) is 0. The van der Waals surface area contributed by atoms with Crippen LogP contribution in [0.3, 0.4) is 0 Å². The number of rotatable bonds is 3. The maximum atomic E-state index is 11.7. The van der Waals surface area contributed by atoms with Crippen molar-refractivity contribution in [3.8, 4) is 0 Å². The Morgan fingerprint density at radius 1 is 1.36 bits per heavy atom. The van der Waals surface area contributed by atoms with Crippen molar-refractivity contribution in [2.75, 3.05) is 0 Å². The van der Waals surface area contributed by atoms with E-state index in [0.29, 0.717) is 9.92 Å². The summed E-state index contributed by atoms with van der Waals surface area (Å²) < 4.78 is 11.7. The van der Waals surface area contributed by atoms with E-state index in [1.54, 1.807) is 31.2 Å². The molecule has 76 valence electrons. The lowest BCUT2D eigenvalue weighted by Crippen LogP contribution is -2.19. The van der Waals surface area contributed by atoms with Gasteiger partial charge in [-0.05, 0) is 38.1 Å². The maximum Gasteiger partial charge on any atom is 0.145 e. The lowest BCUT2D eigenvalue weighted by atomic mass is 10.3. The Labute approximate surface area is 90.7 Å². The van der Waals surface area contributed by atoms with Gasteiger partial charge in [-0.25, -0.2) is 0 Å². The average molecular weight is 231 g/mol. The van der Waals surface area contributed by atoms with Gasteiger partial charge in [-0.15, -0.1) is 0 Å². The van der Waals surface area contributed by atoms with Crippen molar-refractivity contribution in [3.63, 3.8) is 0 Å². The molecule has 2 nitrogen and oxygen atoms in total. The van der Waals surface area contributed by atoms with Gasteiger partial charge in [0.1, 0.15) is 5.78 Å². The second kappa shape index (κ2) is 4.71. The van der Waals surface area contributed by atoms with Gasteiger partial charge in [0.25, 0.3) is 0 Å². The smallest absolute Gasteiger partial charge is 0.145 e. The number of benzene rings is 1. The van der Waals surface area contributed by atoms with Gasteiger partial charge in [0.2, 0.25) is 0 Å². The summed E-state index contributed by atoms with van der Waals surface area (Å²) in [5.41, 5.74) is 0. The first-order valence-electron chi connectivity index (χ1n) is 4.19. The fourth-order valence-corrected chi connectivity index (χ4v) is 2.16. The predicted molar refractivity (Wildman–Crippen MR) is 58.0 cm³/mol. The molecule has 0 saturated carbocycles. The van der Waals surface area contributed by atoms with E-state index >= 15 is 0 Å². The zero-order chi connectivity index (χ0) is 10.7. The van der Waals surface area contributed by atoms with Gasteiger partial charge in [0, 0.05) is 9.92 Å². The van der Waals surface area contributed by atoms with Crippen molar-refractivity contribution >= 4 is 28.2 Å². The SMILES string of the molecule is CC(=O)C(C)S(=O)c1ccc(Cl)cc1. The molecule has 14 heavy (non-hydrogen) atoms.